The Morgan fingerprint density at radius 2 is 0.966 bits per heavy atom. The SMILES string of the molecule is C.COCCOCC(=O)Nc1cnccc1COc1ccc(NC(=O)Nc2cc(C(C)(C)C)nn2-c2ccc(C)cc2)c2ccccc12.Cc1ccc(-n2nc(C(C)(C)C)cc2NC(=O)Nc2ccc(OCc3ccncc3N)c3ccccc23)cc1. The summed E-state index contributed by atoms with van der Waals surface area (Å²) in [5, 5.41) is 27.8. The van der Waals surface area contributed by atoms with Crippen LogP contribution in [0.1, 0.15) is 82.6 Å². The van der Waals surface area contributed by atoms with Crippen LogP contribution in [-0.4, -0.2) is 74.4 Å². The molecular weight excluding hydrogens is 1100 g/mol. The minimum Gasteiger partial charge on any atom is -0.488 e. The number of nitrogens with one attached hydrogen (secondary N) is 5. The van der Waals surface area contributed by atoms with E-state index in [0.717, 1.165) is 66.6 Å². The fourth-order valence-corrected chi connectivity index (χ4v) is 9.02. The van der Waals surface area contributed by atoms with Crippen molar-refractivity contribution in [1.82, 2.24) is 29.5 Å². The summed E-state index contributed by atoms with van der Waals surface area (Å²) in [4.78, 5) is 47.2. The number of nitrogens with zero attached hydrogens (tertiary/aromatic N) is 6. The monoisotopic (exact) mass is 1170 g/mol. The predicted molar refractivity (Wildman–Crippen MR) is 347 cm³/mol. The van der Waals surface area contributed by atoms with Crippen LogP contribution in [0.2, 0.25) is 0 Å². The summed E-state index contributed by atoms with van der Waals surface area (Å²) in [6, 6.07) is 45.5. The van der Waals surface area contributed by atoms with Crippen LogP contribution in [0.15, 0.2) is 170 Å². The predicted octanol–water partition coefficient (Wildman–Crippen LogP) is 14.3. The van der Waals surface area contributed by atoms with Crippen molar-refractivity contribution in [1.29, 1.82) is 0 Å². The van der Waals surface area contributed by atoms with Gasteiger partial charge < -0.3 is 40.6 Å². The Morgan fingerprint density at radius 3 is 1.43 bits per heavy atom. The molecule has 19 nitrogen and oxygen atoms in total. The zero-order valence-corrected chi connectivity index (χ0v) is 49.8. The maximum atomic E-state index is 13.4. The van der Waals surface area contributed by atoms with Gasteiger partial charge in [0.05, 0.1) is 71.1 Å². The first-order valence-electron chi connectivity index (χ1n) is 28.1. The molecule has 0 radical (unpaired) electrons. The average molecular weight is 1170 g/mol. The highest BCUT2D eigenvalue weighted by Crippen LogP contribution is 2.36. The maximum absolute atomic E-state index is 13.4. The smallest absolute Gasteiger partial charge is 0.324 e. The Balaban J connectivity index is 0.000000227. The van der Waals surface area contributed by atoms with Gasteiger partial charge in [0.15, 0.2) is 0 Å². The second kappa shape index (κ2) is 28.2. The van der Waals surface area contributed by atoms with Crippen molar-refractivity contribution in [2.75, 3.05) is 59.2 Å². The number of methoxy groups -OCH3 is 1. The summed E-state index contributed by atoms with van der Waals surface area (Å²) in [5.41, 5.74) is 15.3. The summed E-state index contributed by atoms with van der Waals surface area (Å²) in [6.45, 7) is 17.7. The molecule has 4 heterocycles. The van der Waals surface area contributed by atoms with E-state index in [-0.39, 0.29) is 43.4 Å². The van der Waals surface area contributed by atoms with Crippen molar-refractivity contribution >= 4 is 73.9 Å². The third-order valence-electron chi connectivity index (χ3n) is 13.8. The number of hydrogen-bond acceptors (Lipinski definition) is 12. The minimum absolute atomic E-state index is 0. The first-order valence-corrected chi connectivity index (χ1v) is 28.1. The van der Waals surface area contributed by atoms with Crippen LogP contribution in [0.25, 0.3) is 32.9 Å². The fraction of sp³-hybridized carbons (Fsp3) is 0.250. The summed E-state index contributed by atoms with van der Waals surface area (Å²) in [5.74, 6) is 2.16. The van der Waals surface area contributed by atoms with Crippen LogP contribution in [0.5, 0.6) is 11.5 Å². The molecule has 0 aliphatic heterocycles. The molecule has 0 saturated carbocycles. The fourth-order valence-electron chi connectivity index (χ4n) is 9.02. The van der Waals surface area contributed by atoms with E-state index in [0.29, 0.717) is 65.7 Å². The molecule has 0 bridgehead atoms. The molecule has 7 N–H and O–H groups in total. The number of amides is 5. The lowest BCUT2D eigenvalue weighted by atomic mass is 9.92. The molecular formula is C68H76N12O7. The van der Waals surface area contributed by atoms with Crippen LogP contribution >= 0.6 is 0 Å². The number of fused-ring (bicyclic) bond motifs is 2. The van der Waals surface area contributed by atoms with Gasteiger partial charge in [-0.25, -0.2) is 19.0 Å². The van der Waals surface area contributed by atoms with Gasteiger partial charge in [-0.2, -0.15) is 10.2 Å². The van der Waals surface area contributed by atoms with E-state index >= 15 is 0 Å². The Morgan fingerprint density at radius 1 is 0.517 bits per heavy atom. The van der Waals surface area contributed by atoms with Crippen molar-refractivity contribution in [3.05, 3.63) is 204 Å². The van der Waals surface area contributed by atoms with E-state index in [9.17, 15) is 14.4 Å². The molecule has 0 spiro atoms. The number of aromatic nitrogens is 6. The summed E-state index contributed by atoms with van der Waals surface area (Å²) < 4.78 is 26.1. The number of benzene rings is 6. The van der Waals surface area contributed by atoms with Crippen molar-refractivity contribution in [3.63, 3.8) is 0 Å². The second-order valence-electron chi connectivity index (χ2n) is 22.6. The summed E-state index contributed by atoms with van der Waals surface area (Å²) >= 11 is 0. The Labute approximate surface area is 507 Å². The number of rotatable bonds is 18. The quantitative estimate of drug-likeness (QED) is 0.0440. The minimum atomic E-state index is -0.402. The first-order chi connectivity index (χ1) is 41.3. The van der Waals surface area contributed by atoms with E-state index in [1.807, 2.05) is 153 Å². The van der Waals surface area contributed by atoms with Crippen LogP contribution in [-0.2, 0) is 38.3 Å². The molecule has 0 saturated heterocycles. The van der Waals surface area contributed by atoms with Gasteiger partial charge >= 0.3 is 12.1 Å². The van der Waals surface area contributed by atoms with Gasteiger partial charge in [0.1, 0.15) is 43.0 Å². The number of urea groups is 2. The highest BCUT2D eigenvalue weighted by atomic mass is 16.5. The average Bonchev–Trinajstić information content (AvgIpc) is 2.04. The van der Waals surface area contributed by atoms with Gasteiger partial charge in [-0.3, -0.25) is 25.4 Å². The Bertz CT molecular complexity index is 4000. The Hall–Kier alpha value is -10.1. The number of ether oxygens (including phenoxy) is 4. The third kappa shape index (κ3) is 16.2. The van der Waals surface area contributed by atoms with Gasteiger partial charge in [-0.15, -0.1) is 0 Å². The van der Waals surface area contributed by atoms with E-state index in [1.165, 1.54) is 0 Å². The topological polar surface area (TPSA) is 236 Å². The lowest BCUT2D eigenvalue weighted by Gasteiger charge is -2.15. The molecule has 87 heavy (non-hydrogen) atoms. The maximum Gasteiger partial charge on any atom is 0.324 e. The third-order valence-corrected chi connectivity index (χ3v) is 13.8. The first kappa shape index (κ1) is 62.9. The van der Waals surface area contributed by atoms with Crippen molar-refractivity contribution in [3.8, 4) is 22.9 Å². The molecule has 450 valence electrons. The molecule has 0 aliphatic carbocycles. The normalized spacial score (nSPS) is 11.2. The van der Waals surface area contributed by atoms with E-state index in [1.54, 1.807) is 47.3 Å². The molecule has 0 atom stereocenters. The van der Waals surface area contributed by atoms with Gasteiger partial charge in [0.2, 0.25) is 5.91 Å². The summed E-state index contributed by atoms with van der Waals surface area (Å²) in [7, 11) is 1.57. The Kier molecular flexibility index (Phi) is 20.4. The van der Waals surface area contributed by atoms with Crippen LogP contribution in [0.4, 0.5) is 44.0 Å². The number of pyridine rings is 2. The molecule has 5 amide bonds. The van der Waals surface area contributed by atoms with E-state index < -0.39 is 6.03 Å². The lowest BCUT2D eigenvalue weighted by molar-refractivity contribution is -0.121. The second-order valence-corrected chi connectivity index (χ2v) is 22.6. The van der Waals surface area contributed by atoms with Crippen molar-refractivity contribution < 1.29 is 33.3 Å². The largest absolute Gasteiger partial charge is 0.488 e. The van der Waals surface area contributed by atoms with Crippen LogP contribution < -0.4 is 41.8 Å². The summed E-state index contributed by atoms with van der Waals surface area (Å²) in [6.07, 6.45) is 6.51. The van der Waals surface area contributed by atoms with Gasteiger partial charge in [0, 0.05) is 75.1 Å². The number of aryl methyl sites for hydroxylation is 2. The number of carbonyl (C=O) groups excluding carboxylic acids is 3. The zero-order chi connectivity index (χ0) is 61.0. The molecule has 6 aromatic carbocycles. The van der Waals surface area contributed by atoms with Gasteiger partial charge in [-0.1, -0.05) is 133 Å². The molecule has 10 rings (SSSR count). The zero-order valence-electron chi connectivity index (χ0n) is 49.8. The molecule has 0 aliphatic rings. The molecule has 19 heteroatoms. The van der Waals surface area contributed by atoms with E-state index in [2.05, 4.69) is 78.1 Å². The van der Waals surface area contributed by atoms with Crippen LogP contribution in [0.3, 0.4) is 0 Å². The van der Waals surface area contributed by atoms with Gasteiger partial charge in [0.25, 0.3) is 0 Å². The molecule has 0 unspecified atom stereocenters. The number of carbonyl (C=O) groups is 3. The number of nitrogens with two attached hydrogens (primary N) is 1. The number of anilines is 6. The van der Waals surface area contributed by atoms with Gasteiger partial charge in [-0.05, 0) is 74.5 Å². The standard InChI is InChI=1S/C36H40N6O5.C31H32N6O2.CH4/c1-24-10-12-26(13-11-24)42-33(20-32(41-42)36(2,3)4)40-35(44)39-29-14-15-31(28-9-7-6-8-27(28)29)47-22-25-16-17-37-21-30(25)38-34(43)23-46-19-18-45-5;1-20-9-11-22(12-10-20)37-29(17-28(36-37)31(2,3)4)35-30(38)34-26-13-14-27(24-8-6-5-7-23(24)26)39-19-21-15-16-33-18-25(21)32;/h6-17,20-21H,18-19,22-23H2,1-5H3,(H,38,43)(H2,39,40,44);5-18H,19,32H2,1-4H3,(H2,34,35,38);1H4. The highest BCUT2D eigenvalue weighted by Gasteiger charge is 2.24. The number of nitrogen functional groups attached to an aromatic ring is 1. The van der Waals surface area contributed by atoms with Crippen LogP contribution in [0, 0.1) is 13.8 Å². The molecule has 4 aromatic heterocycles. The van der Waals surface area contributed by atoms with E-state index in [4.69, 9.17) is 34.9 Å². The highest BCUT2D eigenvalue weighted by molar-refractivity contribution is 6.08. The van der Waals surface area contributed by atoms with Crippen molar-refractivity contribution in [2.24, 2.45) is 0 Å². The lowest BCUT2D eigenvalue weighted by Crippen LogP contribution is -2.21. The molecule has 0 fully saturated rings. The van der Waals surface area contributed by atoms with Crippen molar-refractivity contribution in [2.45, 2.75) is 86.9 Å². The molecule has 10 aromatic rings. The number of hydrogen-bond donors (Lipinski definition) is 6.